The predicted octanol–water partition coefficient (Wildman–Crippen LogP) is 5.85. The van der Waals surface area contributed by atoms with Crippen LogP contribution in [0.2, 0.25) is 0 Å². The van der Waals surface area contributed by atoms with Gasteiger partial charge in [-0.15, -0.1) is 0 Å². The van der Waals surface area contributed by atoms with Crippen LogP contribution < -0.4 is 29.1 Å². The van der Waals surface area contributed by atoms with E-state index in [2.05, 4.69) is 0 Å². The molecule has 0 spiro atoms. The first-order chi connectivity index (χ1) is 23.7. The number of non-ortho nitro benzene ring substituents is 1. The van der Waals surface area contributed by atoms with E-state index in [1.807, 2.05) is 49.4 Å². The van der Waals surface area contributed by atoms with Crippen LogP contribution >= 0.6 is 11.3 Å². The van der Waals surface area contributed by atoms with Crippen LogP contribution in [0, 0.1) is 10.1 Å². The molecule has 1 aromatic heterocycles. The quantitative estimate of drug-likeness (QED) is 0.0966. The number of esters is 1. The van der Waals surface area contributed by atoms with Crippen LogP contribution in [0.5, 0.6) is 17.2 Å². The Morgan fingerprint density at radius 3 is 2.45 bits per heavy atom. The summed E-state index contributed by atoms with van der Waals surface area (Å²) in [6, 6.07) is 22.2. The highest BCUT2D eigenvalue weighted by Crippen LogP contribution is 2.40. The number of nitrogens with zero attached hydrogens (tertiary/aromatic N) is 3. The number of ether oxygens (including phenoxy) is 4. The van der Waals surface area contributed by atoms with Crippen LogP contribution in [-0.4, -0.2) is 35.8 Å². The molecular weight excluding hydrogens is 646 g/mol. The summed E-state index contributed by atoms with van der Waals surface area (Å²) in [4.78, 5) is 43.5. The average molecular weight is 680 g/mol. The van der Waals surface area contributed by atoms with Crippen LogP contribution in [0.4, 0.5) is 5.69 Å². The lowest BCUT2D eigenvalue weighted by Gasteiger charge is -2.27. The van der Waals surface area contributed by atoms with Gasteiger partial charge in [0.1, 0.15) is 18.4 Å². The van der Waals surface area contributed by atoms with Crippen LogP contribution in [0.1, 0.15) is 43.5 Å². The summed E-state index contributed by atoms with van der Waals surface area (Å²) in [7, 11) is 1.56. The Balaban J connectivity index is 1.44. The lowest BCUT2D eigenvalue weighted by atomic mass is 9.90. The molecule has 5 aromatic rings. The molecule has 2 heterocycles. The first kappa shape index (κ1) is 33.2. The molecule has 1 atom stereocenters. The number of hydrogen-bond acceptors (Lipinski definition) is 10. The summed E-state index contributed by atoms with van der Waals surface area (Å²) in [5.41, 5.74) is 2.52. The fraction of sp³-hybridized carbons (Fsp3) is 0.216. The Labute approximate surface area is 285 Å². The van der Waals surface area contributed by atoms with Gasteiger partial charge in [-0.1, -0.05) is 47.7 Å². The second-order valence-corrected chi connectivity index (χ2v) is 12.1. The molecule has 0 N–H and O–H groups in total. The number of fused-ring (bicyclic) bond motifs is 2. The molecule has 0 amide bonds. The van der Waals surface area contributed by atoms with Crippen LogP contribution in [0.25, 0.3) is 16.8 Å². The summed E-state index contributed by atoms with van der Waals surface area (Å²) >= 11 is 1.22. The van der Waals surface area contributed by atoms with Gasteiger partial charge in [-0.25, -0.2) is 9.79 Å². The van der Waals surface area contributed by atoms with E-state index in [1.165, 1.54) is 23.5 Å². The number of hydrogen-bond donors (Lipinski definition) is 0. The van der Waals surface area contributed by atoms with E-state index in [4.69, 9.17) is 23.9 Å². The molecule has 250 valence electrons. The van der Waals surface area contributed by atoms with E-state index in [-0.39, 0.29) is 30.0 Å². The largest absolute Gasteiger partial charge is 0.496 e. The molecule has 0 bridgehead atoms. The van der Waals surface area contributed by atoms with Crippen molar-refractivity contribution in [1.29, 1.82) is 0 Å². The SMILES string of the molecule is CCOC(=O)C1=C(C)N=c2s/c(=C\c3ccc(OCc4ccc([N+](=O)[O-])cc4)c(OCC)c3)c(=O)n2[C@H]1c1c(OC)ccc2ccccc12. The third-order valence-electron chi connectivity index (χ3n) is 8.05. The standard InChI is InChI=1S/C37H33N3O8S/c1-5-46-30-19-24(13-17-28(30)48-21-23-11-15-26(16-12-23)40(43)44)20-31-35(41)39-34(32(36(42)47-6-2)22(3)38-37(39)49-31)33-27-10-8-7-9-25(27)14-18-29(33)45-4/h7-20,34H,5-6,21H2,1-4H3/b31-20-/t34-/m1/s1. The molecular formula is C37H33N3O8S. The lowest BCUT2D eigenvalue weighted by molar-refractivity contribution is -0.384. The van der Waals surface area contributed by atoms with Gasteiger partial charge in [0, 0.05) is 17.7 Å². The molecule has 0 unspecified atom stereocenters. The number of benzene rings is 4. The highest BCUT2D eigenvalue weighted by Gasteiger charge is 2.36. The Morgan fingerprint density at radius 1 is 0.980 bits per heavy atom. The van der Waals surface area contributed by atoms with Gasteiger partial charge in [-0.3, -0.25) is 19.5 Å². The van der Waals surface area contributed by atoms with Crippen molar-refractivity contribution in [2.24, 2.45) is 4.99 Å². The number of aromatic nitrogens is 1. The van der Waals surface area contributed by atoms with Crippen molar-refractivity contribution in [3.63, 3.8) is 0 Å². The number of rotatable bonds is 11. The topological polar surface area (TPSA) is 131 Å². The molecule has 11 nitrogen and oxygen atoms in total. The third-order valence-corrected chi connectivity index (χ3v) is 9.03. The first-order valence-corrected chi connectivity index (χ1v) is 16.4. The molecule has 49 heavy (non-hydrogen) atoms. The summed E-state index contributed by atoms with van der Waals surface area (Å²) < 4.78 is 25.1. The molecule has 1 aliphatic rings. The highest BCUT2D eigenvalue weighted by atomic mass is 32.1. The van der Waals surface area contributed by atoms with Gasteiger partial charge in [0.05, 0.1) is 41.0 Å². The lowest BCUT2D eigenvalue weighted by Crippen LogP contribution is -2.40. The van der Waals surface area contributed by atoms with Crippen molar-refractivity contribution in [2.45, 2.75) is 33.4 Å². The smallest absolute Gasteiger partial charge is 0.338 e. The maximum absolute atomic E-state index is 14.3. The van der Waals surface area contributed by atoms with Gasteiger partial charge in [0.15, 0.2) is 16.3 Å². The van der Waals surface area contributed by atoms with E-state index >= 15 is 0 Å². The zero-order valence-corrected chi connectivity index (χ0v) is 28.1. The summed E-state index contributed by atoms with van der Waals surface area (Å²) in [5, 5.41) is 12.8. The second-order valence-electron chi connectivity index (χ2n) is 11.1. The van der Waals surface area contributed by atoms with Crippen molar-refractivity contribution in [3.8, 4) is 17.2 Å². The molecule has 1 aliphatic heterocycles. The van der Waals surface area contributed by atoms with E-state index in [0.29, 0.717) is 50.0 Å². The van der Waals surface area contributed by atoms with Crippen LogP contribution in [-0.2, 0) is 16.1 Å². The van der Waals surface area contributed by atoms with Crippen molar-refractivity contribution in [3.05, 3.63) is 137 Å². The minimum Gasteiger partial charge on any atom is -0.496 e. The molecule has 0 radical (unpaired) electrons. The Morgan fingerprint density at radius 2 is 1.73 bits per heavy atom. The maximum Gasteiger partial charge on any atom is 0.338 e. The van der Waals surface area contributed by atoms with E-state index in [0.717, 1.165) is 16.3 Å². The van der Waals surface area contributed by atoms with Crippen LogP contribution in [0.15, 0.2) is 99.9 Å². The summed E-state index contributed by atoms with van der Waals surface area (Å²) in [6.07, 6.45) is 1.76. The molecule has 12 heteroatoms. The summed E-state index contributed by atoms with van der Waals surface area (Å²) in [6.45, 7) is 6.06. The van der Waals surface area contributed by atoms with Gasteiger partial charge in [-0.05, 0) is 79.1 Å². The second kappa shape index (κ2) is 14.2. The fourth-order valence-corrected chi connectivity index (χ4v) is 6.88. The third kappa shape index (κ3) is 6.55. The van der Waals surface area contributed by atoms with E-state index in [9.17, 15) is 19.7 Å². The minimum absolute atomic E-state index is 0.00300. The number of nitro benzene ring substituents is 1. The predicted molar refractivity (Wildman–Crippen MR) is 186 cm³/mol. The number of carbonyl (C=O) groups excluding carboxylic acids is 1. The molecule has 0 aliphatic carbocycles. The molecule has 6 rings (SSSR count). The van der Waals surface area contributed by atoms with Crippen molar-refractivity contribution in [2.75, 3.05) is 20.3 Å². The number of carbonyl (C=O) groups is 1. The zero-order valence-electron chi connectivity index (χ0n) is 27.3. The Hall–Kier alpha value is -5.75. The molecule has 0 fully saturated rings. The monoisotopic (exact) mass is 679 g/mol. The highest BCUT2D eigenvalue weighted by molar-refractivity contribution is 7.07. The van der Waals surface area contributed by atoms with Gasteiger partial charge >= 0.3 is 5.97 Å². The van der Waals surface area contributed by atoms with E-state index < -0.39 is 16.9 Å². The first-order valence-electron chi connectivity index (χ1n) is 15.6. The molecule has 0 saturated heterocycles. The van der Waals surface area contributed by atoms with Crippen LogP contribution in [0.3, 0.4) is 0 Å². The maximum atomic E-state index is 14.3. The minimum atomic E-state index is -0.854. The number of nitro groups is 1. The number of thiazole rings is 1. The average Bonchev–Trinajstić information content (AvgIpc) is 3.40. The number of methoxy groups -OCH3 is 1. The Kier molecular flexibility index (Phi) is 9.58. The zero-order chi connectivity index (χ0) is 34.7. The number of allylic oxidation sites excluding steroid dienone is 1. The van der Waals surface area contributed by atoms with Crippen molar-refractivity contribution < 1.29 is 28.7 Å². The Bertz CT molecular complexity index is 2290. The van der Waals surface area contributed by atoms with E-state index in [1.54, 1.807) is 55.9 Å². The van der Waals surface area contributed by atoms with Gasteiger partial charge < -0.3 is 18.9 Å². The van der Waals surface area contributed by atoms with Gasteiger partial charge in [0.2, 0.25) is 0 Å². The molecule has 4 aromatic carbocycles. The summed E-state index contributed by atoms with van der Waals surface area (Å²) in [5.74, 6) is 0.936. The van der Waals surface area contributed by atoms with Gasteiger partial charge in [0.25, 0.3) is 11.2 Å². The van der Waals surface area contributed by atoms with Crippen molar-refractivity contribution >= 4 is 39.8 Å². The van der Waals surface area contributed by atoms with Crippen molar-refractivity contribution in [1.82, 2.24) is 4.57 Å². The van der Waals surface area contributed by atoms with Gasteiger partial charge in [-0.2, -0.15) is 0 Å². The molecule has 0 saturated carbocycles. The normalized spacial score (nSPS) is 14.3. The fourth-order valence-electron chi connectivity index (χ4n) is 5.83.